The molecule has 1 aromatic rings. The summed E-state index contributed by atoms with van der Waals surface area (Å²) in [4.78, 5) is 0. The monoisotopic (exact) mass is 211 g/mol. The summed E-state index contributed by atoms with van der Waals surface area (Å²) in [5.74, 6) is 1.13. The van der Waals surface area contributed by atoms with Crippen LogP contribution in [0.2, 0.25) is 5.02 Å². The van der Waals surface area contributed by atoms with Crippen molar-refractivity contribution in [1.82, 2.24) is 0 Å². The van der Waals surface area contributed by atoms with Gasteiger partial charge in [-0.3, -0.25) is 0 Å². The Kier molecular flexibility index (Phi) is 4.43. The number of rotatable bonds is 4. The maximum Gasteiger partial charge on any atom is 0.0408 e. The molecule has 0 saturated carbocycles. The lowest BCUT2D eigenvalue weighted by Gasteiger charge is -2.19. The van der Waals surface area contributed by atoms with Crippen molar-refractivity contribution in [2.45, 2.75) is 26.2 Å². The second-order valence-electron chi connectivity index (χ2n) is 3.90. The Balaban J connectivity index is 2.73. The molecule has 1 aromatic carbocycles. The third-order valence-electron chi connectivity index (χ3n) is 2.85. The molecule has 0 aliphatic heterocycles. The van der Waals surface area contributed by atoms with Crippen molar-refractivity contribution in [3.8, 4) is 0 Å². The summed E-state index contributed by atoms with van der Waals surface area (Å²) in [5.41, 5.74) is 6.85. The van der Waals surface area contributed by atoms with Crippen LogP contribution in [0.4, 0.5) is 0 Å². The van der Waals surface area contributed by atoms with E-state index in [1.165, 1.54) is 5.56 Å². The van der Waals surface area contributed by atoms with Gasteiger partial charge in [0.2, 0.25) is 0 Å². The quantitative estimate of drug-likeness (QED) is 0.812. The maximum atomic E-state index is 5.95. The Labute approximate surface area is 91.3 Å². The first kappa shape index (κ1) is 11.5. The van der Waals surface area contributed by atoms with E-state index in [1.807, 2.05) is 18.2 Å². The van der Waals surface area contributed by atoms with Gasteiger partial charge >= 0.3 is 0 Å². The number of halogens is 1. The molecule has 0 heterocycles. The molecule has 2 N–H and O–H groups in total. The van der Waals surface area contributed by atoms with Gasteiger partial charge in [-0.25, -0.2) is 0 Å². The molecule has 0 aliphatic carbocycles. The molecule has 1 rings (SSSR count). The van der Waals surface area contributed by atoms with Crippen LogP contribution in [0.15, 0.2) is 24.3 Å². The van der Waals surface area contributed by atoms with Crippen LogP contribution >= 0.6 is 11.6 Å². The van der Waals surface area contributed by atoms with Crippen molar-refractivity contribution >= 4 is 11.6 Å². The first-order chi connectivity index (χ1) is 6.65. The summed E-state index contributed by atoms with van der Waals surface area (Å²) in [6, 6.07) is 8.08. The zero-order valence-electron chi connectivity index (χ0n) is 8.83. The van der Waals surface area contributed by atoms with Gasteiger partial charge in [0.05, 0.1) is 0 Å². The predicted molar refractivity (Wildman–Crippen MR) is 62.7 cm³/mol. The van der Waals surface area contributed by atoms with E-state index in [0.29, 0.717) is 11.8 Å². The van der Waals surface area contributed by atoms with Gasteiger partial charge < -0.3 is 5.73 Å². The Bertz CT molecular complexity index is 285. The highest BCUT2D eigenvalue weighted by Gasteiger charge is 2.13. The number of hydrogen-bond donors (Lipinski definition) is 1. The van der Waals surface area contributed by atoms with Crippen molar-refractivity contribution in [3.63, 3.8) is 0 Å². The molecule has 2 atom stereocenters. The summed E-state index contributed by atoms with van der Waals surface area (Å²) in [5, 5.41) is 0.814. The van der Waals surface area contributed by atoms with Crippen molar-refractivity contribution < 1.29 is 0 Å². The first-order valence-electron chi connectivity index (χ1n) is 5.10. The molecule has 0 aliphatic rings. The molecule has 0 radical (unpaired) electrons. The Morgan fingerprint density at radius 1 is 1.36 bits per heavy atom. The standard InChI is InChI=1S/C12H18ClN/c1-9(6-7-14)10(2)11-4-3-5-12(13)8-11/h3-5,8-10H,6-7,14H2,1-2H3. The lowest BCUT2D eigenvalue weighted by molar-refractivity contribution is 0.459. The summed E-state index contributed by atoms with van der Waals surface area (Å²) in [7, 11) is 0. The van der Waals surface area contributed by atoms with Crippen LogP contribution in [-0.4, -0.2) is 6.54 Å². The van der Waals surface area contributed by atoms with Crippen molar-refractivity contribution in [2.75, 3.05) is 6.54 Å². The van der Waals surface area contributed by atoms with Crippen molar-refractivity contribution in [3.05, 3.63) is 34.9 Å². The van der Waals surface area contributed by atoms with E-state index in [1.54, 1.807) is 0 Å². The van der Waals surface area contributed by atoms with E-state index >= 15 is 0 Å². The zero-order chi connectivity index (χ0) is 10.6. The van der Waals surface area contributed by atoms with Crippen LogP contribution in [0, 0.1) is 5.92 Å². The first-order valence-corrected chi connectivity index (χ1v) is 5.48. The lowest BCUT2D eigenvalue weighted by atomic mass is 9.87. The normalized spacial score (nSPS) is 15.1. The summed E-state index contributed by atoms with van der Waals surface area (Å²) >= 11 is 5.95. The predicted octanol–water partition coefficient (Wildman–Crippen LogP) is 3.43. The van der Waals surface area contributed by atoms with E-state index in [0.717, 1.165) is 18.0 Å². The minimum atomic E-state index is 0.525. The van der Waals surface area contributed by atoms with Crippen LogP contribution in [0.3, 0.4) is 0 Å². The van der Waals surface area contributed by atoms with Crippen LogP contribution in [0.25, 0.3) is 0 Å². The molecule has 0 saturated heterocycles. The van der Waals surface area contributed by atoms with Gasteiger partial charge in [0, 0.05) is 5.02 Å². The van der Waals surface area contributed by atoms with E-state index < -0.39 is 0 Å². The lowest BCUT2D eigenvalue weighted by Crippen LogP contribution is -2.11. The van der Waals surface area contributed by atoms with Crippen molar-refractivity contribution in [1.29, 1.82) is 0 Å². The number of nitrogens with two attached hydrogens (primary N) is 1. The van der Waals surface area contributed by atoms with Crippen LogP contribution in [-0.2, 0) is 0 Å². The van der Waals surface area contributed by atoms with Crippen LogP contribution < -0.4 is 5.73 Å². The molecule has 0 bridgehead atoms. The SMILES string of the molecule is CC(CCN)C(C)c1cccc(Cl)c1. The smallest absolute Gasteiger partial charge is 0.0408 e. The Morgan fingerprint density at radius 2 is 2.07 bits per heavy atom. The Morgan fingerprint density at radius 3 is 2.64 bits per heavy atom. The minimum Gasteiger partial charge on any atom is -0.330 e. The second kappa shape index (κ2) is 5.38. The van der Waals surface area contributed by atoms with Gasteiger partial charge in [-0.2, -0.15) is 0 Å². The third kappa shape index (κ3) is 3.00. The summed E-state index contributed by atoms with van der Waals surface area (Å²) in [6.07, 6.45) is 1.06. The molecule has 0 amide bonds. The fourth-order valence-corrected chi connectivity index (χ4v) is 1.83. The van der Waals surface area contributed by atoms with Crippen LogP contribution in [0.5, 0.6) is 0 Å². The van der Waals surface area contributed by atoms with Crippen molar-refractivity contribution in [2.24, 2.45) is 11.7 Å². The van der Waals surface area contributed by atoms with Gasteiger partial charge in [0.15, 0.2) is 0 Å². The highest BCUT2D eigenvalue weighted by atomic mass is 35.5. The molecule has 0 spiro atoms. The van der Waals surface area contributed by atoms with Crippen LogP contribution in [0.1, 0.15) is 31.7 Å². The molecule has 1 nitrogen and oxygen atoms in total. The van der Waals surface area contributed by atoms with Gasteiger partial charge in [0.25, 0.3) is 0 Å². The van der Waals surface area contributed by atoms with Gasteiger partial charge in [-0.15, -0.1) is 0 Å². The maximum absolute atomic E-state index is 5.95. The molecular weight excluding hydrogens is 194 g/mol. The zero-order valence-corrected chi connectivity index (χ0v) is 9.59. The van der Waals surface area contributed by atoms with E-state index in [2.05, 4.69) is 19.9 Å². The average molecular weight is 212 g/mol. The minimum absolute atomic E-state index is 0.525. The van der Waals surface area contributed by atoms with Gasteiger partial charge in [0.1, 0.15) is 0 Å². The van der Waals surface area contributed by atoms with E-state index in [-0.39, 0.29) is 0 Å². The van der Waals surface area contributed by atoms with E-state index in [9.17, 15) is 0 Å². The second-order valence-corrected chi connectivity index (χ2v) is 4.33. The third-order valence-corrected chi connectivity index (χ3v) is 3.09. The fourth-order valence-electron chi connectivity index (χ4n) is 1.63. The van der Waals surface area contributed by atoms with Gasteiger partial charge in [-0.05, 0) is 42.5 Å². The van der Waals surface area contributed by atoms with E-state index in [4.69, 9.17) is 17.3 Å². The molecule has 2 heteroatoms. The Hall–Kier alpha value is -0.530. The molecule has 78 valence electrons. The molecule has 2 unspecified atom stereocenters. The topological polar surface area (TPSA) is 26.0 Å². The highest BCUT2D eigenvalue weighted by Crippen LogP contribution is 2.27. The highest BCUT2D eigenvalue weighted by molar-refractivity contribution is 6.30. The average Bonchev–Trinajstić information content (AvgIpc) is 2.17. The molecule has 0 aromatic heterocycles. The summed E-state index contributed by atoms with van der Waals surface area (Å²) in [6.45, 7) is 5.22. The van der Waals surface area contributed by atoms with Gasteiger partial charge in [-0.1, -0.05) is 37.6 Å². The number of hydrogen-bond acceptors (Lipinski definition) is 1. The molecule has 14 heavy (non-hydrogen) atoms. The fraction of sp³-hybridized carbons (Fsp3) is 0.500. The largest absolute Gasteiger partial charge is 0.330 e. The molecular formula is C12H18ClN. The number of benzene rings is 1. The molecule has 0 fully saturated rings. The summed E-state index contributed by atoms with van der Waals surface area (Å²) < 4.78 is 0.